The van der Waals surface area contributed by atoms with E-state index in [1.54, 1.807) is 11.1 Å². The minimum absolute atomic E-state index is 0.454. The van der Waals surface area contributed by atoms with E-state index in [2.05, 4.69) is 108 Å². The van der Waals surface area contributed by atoms with Crippen LogP contribution < -0.4 is 0 Å². The summed E-state index contributed by atoms with van der Waals surface area (Å²) < 4.78 is 0. The van der Waals surface area contributed by atoms with Gasteiger partial charge in [-0.2, -0.15) is 0 Å². The zero-order valence-corrected chi connectivity index (χ0v) is 23.0. The van der Waals surface area contributed by atoms with Gasteiger partial charge < -0.3 is 4.98 Å². The number of fused-ring (bicyclic) bond motifs is 5. The fraction of sp³-hybridized carbons (Fsp3) is 0.471. The predicted molar refractivity (Wildman–Crippen MR) is 155 cm³/mol. The Morgan fingerprint density at radius 2 is 1.69 bits per heavy atom. The summed E-state index contributed by atoms with van der Waals surface area (Å²) in [5.74, 6) is 2.64. The number of aromatic nitrogens is 1. The molecule has 1 N–H and O–H groups in total. The van der Waals surface area contributed by atoms with Gasteiger partial charge in [0.2, 0.25) is 0 Å². The second-order valence-corrected chi connectivity index (χ2v) is 10.9. The molecule has 0 saturated carbocycles. The molecule has 3 atom stereocenters. The molecule has 1 nitrogen and oxygen atoms in total. The number of aromatic amines is 1. The lowest BCUT2D eigenvalue weighted by atomic mass is 9.78. The number of allylic oxidation sites excluding steroid dienone is 3. The summed E-state index contributed by atoms with van der Waals surface area (Å²) in [6, 6.07) is 11.7. The largest absolute Gasteiger partial charge is 0.355 e. The van der Waals surface area contributed by atoms with Gasteiger partial charge in [-0.25, -0.2) is 0 Å². The molecule has 2 aromatic carbocycles. The van der Waals surface area contributed by atoms with Crippen molar-refractivity contribution in [2.24, 2.45) is 17.8 Å². The first-order valence-electron chi connectivity index (χ1n) is 14.0. The smallest absolute Gasteiger partial charge is 0.0506 e. The summed E-state index contributed by atoms with van der Waals surface area (Å²) in [6.07, 6.45) is 14.6. The Kier molecular flexibility index (Phi) is 8.05. The van der Waals surface area contributed by atoms with Crippen LogP contribution in [0.1, 0.15) is 102 Å². The first-order valence-corrected chi connectivity index (χ1v) is 14.0. The van der Waals surface area contributed by atoms with Crippen molar-refractivity contribution in [2.75, 3.05) is 0 Å². The Labute approximate surface area is 213 Å². The molecule has 0 radical (unpaired) electrons. The fourth-order valence-corrected chi connectivity index (χ4v) is 6.69. The van der Waals surface area contributed by atoms with Crippen molar-refractivity contribution in [3.8, 4) is 11.1 Å². The molecular weight excluding hydrogens is 422 g/mol. The van der Waals surface area contributed by atoms with E-state index in [1.807, 2.05) is 0 Å². The highest BCUT2D eigenvalue weighted by molar-refractivity contribution is 6.00. The third-order valence-electron chi connectivity index (χ3n) is 8.56. The summed E-state index contributed by atoms with van der Waals surface area (Å²) in [4.78, 5) is 3.87. The third kappa shape index (κ3) is 4.67. The third-order valence-corrected chi connectivity index (χ3v) is 8.56. The second-order valence-electron chi connectivity index (χ2n) is 10.9. The van der Waals surface area contributed by atoms with Gasteiger partial charge in [-0.3, -0.25) is 0 Å². The first kappa shape index (κ1) is 25.5. The maximum Gasteiger partial charge on any atom is 0.0506 e. The molecule has 1 aliphatic rings. The zero-order valence-electron chi connectivity index (χ0n) is 23.0. The topological polar surface area (TPSA) is 15.8 Å². The molecule has 0 spiro atoms. The Hall–Kier alpha value is -2.54. The summed E-state index contributed by atoms with van der Waals surface area (Å²) in [5.41, 5.74) is 11.8. The average molecular weight is 468 g/mol. The molecule has 0 bridgehead atoms. The summed E-state index contributed by atoms with van der Waals surface area (Å²) in [7, 11) is 0. The van der Waals surface area contributed by atoms with Crippen LogP contribution >= 0.6 is 0 Å². The minimum atomic E-state index is 0.454. The van der Waals surface area contributed by atoms with Gasteiger partial charge in [0.25, 0.3) is 0 Å². The van der Waals surface area contributed by atoms with Crippen LogP contribution in [0.4, 0.5) is 0 Å². The number of H-pyrrole nitrogens is 1. The highest BCUT2D eigenvalue weighted by atomic mass is 14.7. The van der Waals surface area contributed by atoms with Crippen molar-refractivity contribution in [1.82, 2.24) is 4.98 Å². The van der Waals surface area contributed by atoms with Crippen LogP contribution in [0.5, 0.6) is 0 Å². The molecule has 1 aromatic heterocycles. The van der Waals surface area contributed by atoms with Crippen LogP contribution in [0.15, 0.2) is 48.6 Å². The van der Waals surface area contributed by atoms with E-state index in [1.165, 1.54) is 58.1 Å². The maximum absolute atomic E-state index is 3.87. The number of aryl methyl sites for hydroxylation is 1. The summed E-state index contributed by atoms with van der Waals surface area (Å²) in [5, 5.41) is 1.43. The quantitative estimate of drug-likeness (QED) is 0.285. The van der Waals surface area contributed by atoms with E-state index < -0.39 is 0 Å². The number of hydrogen-bond acceptors (Lipinski definition) is 0. The molecule has 1 aliphatic carbocycles. The molecule has 3 unspecified atom stereocenters. The standard InChI is InChI=1S/C34H45N/c1-8-12-13-16-25-21-30-26(10-3)27(11-4)32-29-18-15-14-17-28(29)31(33(32)34(30)35-25)23(7)19-20-24(9-2)22(5)6/h8,12-18,21-24,31,35H,9-11,19-20H2,1-7H3/b12-8-,16-13-. The molecule has 4 rings (SSSR count). The summed E-state index contributed by atoms with van der Waals surface area (Å²) in [6.45, 7) is 16.4. The van der Waals surface area contributed by atoms with E-state index in [4.69, 9.17) is 0 Å². The van der Waals surface area contributed by atoms with Crippen LogP contribution in [-0.4, -0.2) is 4.98 Å². The van der Waals surface area contributed by atoms with Gasteiger partial charge in [-0.15, -0.1) is 0 Å². The molecule has 186 valence electrons. The number of nitrogens with one attached hydrogen (secondary N) is 1. The number of rotatable bonds is 10. The Morgan fingerprint density at radius 3 is 2.34 bits per heavy atom. The van der Waals surface area contributed by atoms with Crippen molar-refractivity contribution < 1.29 is 0 Å². The second kappa shape index (κ2) is 11.0. The summed E-state index contributed by atoms with van der Waals surface area (Å²) >= 11 is 0. The normalized spacial score (nSPS) is 17.1. The van der Waals surface area contributed by atoms with Crippen LogP contribution in [0.3, 0.4) is 0 Å². The Bertz CT molecular complexity index is 1220. The van der Waals surface area contributed by atoms with Gasteiger partial charge in [-0.05, 0) is 95.9 Å². The lowest BCUT2D eigenvalue weighted by Gasteiger charge is -2.26. The number of hydrogen-bond donors (Lipinski definition) is 1. The minimum Gasteiger partial charge on any atom is -0.355 e. The molecule has 0 fully saturated rings. The van der Waals surface area contributed by atoms with Crippen LogP contribution in [0, 0.1) is 17.8 Å². The highest BCUT2D eigenvalue weighted by Crippen LogP contribution is 2.54. The molecule has 1 heterocycles. The lowest BCUT2D eigenvalue weighted by Crippen LogP contribution is -2.14. The fourth-order valence-electron chi connectivity index (χ4n) is 6.69. The van der Waals surface area contributed by atoms with Crippen LogP contribution in [-0.2, 0) is 12.8 Å². The van der Waals surface area contributed by atoms with Crippen molar-refractivity contribution in [2.45, 2.75) is 86.5 Å². The molecule has 0 saturated heterocycles. The van der Waals surface area contributed by atoms with Gasteiger partial charge >= 0.3 is 0 Å². The van der Waals surface area contributed by atoms with Gasteiger partial charge in [0.15, 0.2) is 0 Å². The Balaban J connectivity index is 1.91. The van der Waals surface area contributed by atoms with E-state index in [0.717, 1.165) is 24.7 Å². The van der Waals surface area contributed by atoms with E-state index in [0.29, 0.717) is 11.8 Å². The van der Waals surface area contributed by atoms with Gasteiger partial charge in [0.05, 0.1) is 5.52 Å². The maximum atomic E-state index is 3.87. The van der Waals surface area contributed by atoms with Gasteiger partial charge in [0.1, 0.15) is 0 Å². The first-order chi connectivity index (χ1) is 17.0. The lowest BCUT2D eigenvalue weighted by molar-refractivity contribution is 0.309. The number of benzene rings is 2. The van der Waals surface area contributed by atoms with E-state index in [-0.39, 0.29) is 0 Å². The van der Waals surface area contributed by atoms with Crippen LogP contribution in [0.25, 0.3) is 28.1 Å². The van der Waals surface area contributed by atoms with Crippen molar-refractivity contribution in [3.63, 3.8) is 0 Å². The SMILES string of the molecule is C/C=C\C=C/c1cc2c(CC)c(CC)c3c(c2[nH]1)C(C(C)CCC(CC)C(C)C)c1ccccc1-3. The highest BCUT2D eigenvalue weighted by Gasteiger charge is 2.37. The molecule has 3 aromatic rings. The zero-order chi connectivity index (χ0) is 25.1. The molecular formula is C34H45N. The van der Waals surface area contributed by atoms with E-state index in [9.17, 15) is 0 Å². The van der Waals surface area contributed by atoms with E-state index >= 15 is 0 Å². The molecule has 0 amide bonds. The predicted octanol–water partition coefficient (Wildman–Crippen LogP) is 10.1. The van der Waals surface area contributed by atoms with Crippen molar-refractivity contribution in [3.05, 3.63) is 76.5 Å². The van der Waals surface area contributed by atoms with Gasteiger partial charge in [-0.1, -0.05) is 90.5 Å². The Morgan fingerprint density at radius 1 is 0.943 bits per heavy atom. The monoisotopic (exact) mass is 467 g/mol. The average Bonchev–Trinajstić information content (AvgIpc) is 3.42. The molecule has 1 heteroatoms. The van der Waals surface area contributed by atoms with Crippen molar-refractivity contribution in [1.29, 1.82) is 0 Å². The molecule has 35 heavy (non-hydrogen) atoms. The van der Waals surface area contributed by atoms with Crippen molar-refractivity contribution >= 4 is 17.0 Å². The molecule has 0 aliphatic heterocycles. The van der Waals surface area contributed by atoms with Crippen LogP contribution in [0.2, 0.25) is 0 Å². The van der Waals surface area contributed by atoms with Gasteiger partial charge in [0, 0.05) is 17.0 Å².